The van der Waals surface area contributed by atoms with Gasteiger partial charge in [0.25, 0.3) is 0 Å². The summed E-state index contributed by atoms with van der Waals surface area (Å²) in [4.78, 5) is 0. The third kappa shape index (κ3) is 9.92. The van der Waals surface area contributed by atoms with Gasteiger partial charge in [-0.25, -0.2) is 0 Å². The van der Waals surface area contributed by atoms with Gasteiger partial charge in [-0.2, -0.15) is 0 Å². The van der Waals surface area contributed by atoms with Gasteiger partial charge in [0.05, 0.1) is 12.5 Å². The predicted molar refractivity (Wildman–Crippen MR) is 167 cm³/mol. The van der Waals surface area contributed by atoms with Crippen molar-refractivity contribution in [2.75, 3.05) is 40.8 Å². The van der Waals surface area contributed by atoms with E-state index in [0.717, 1.165) is 12.5 Å². The largest absolute Gasteiger partial charge is 0.386 e. The highest BCUT2D eigenvalue weighted by molar-refractivity contribution is 6.99. The van der Waals surface area contributed by atoms with E-state index < -0.39 is 24.7 Å². The first-order chi connectivity index (χ1) is 15.2. The monoisotopic (exact) mass is 546 g/mol. The Balaban J connectivity index is 0. The first kappa shape index (κ1) is 36.3. The summed E-state index contributed by atoms with van der Waals surface area (Å²) in [6, 6.07) is 0. The van der Waals surface area contributed by atoms with Crippen LogP contribution in [-0.4, -0.2) is 83.6 Å². The van der Waals surface area contributed by atoms with Crippen LogP contribution in [0.5, 0.6) is 0 Å². The molecule has 0 amide bonds. The third-order valence-electron chi connectivity index (χ3n) is 8.55. The number of methoxy groups -OCH3 is 2. The Kier molecular flexibility index (Phi) is 15.8. The number of hydrogen-bond acceptors (Lipinski definition) is 4. The van der Waals surface area contributed by atoms with Gasteiger partial charge < -0.3 is 17.9 Å². The van der Waals surface area contributed by atoms with E-state index >= 15 is 0 Å². The molecule has 204 valence electrons. The fraction of sp³-hybridized carbons (Fsp3) is 0.846. The second-order valence-corrected chi connectivity index (χ2v) is 30.4. The SMILES string of the molecule is C=C[Si](COC)(COC)N(C)C.CCC(=C[SiH2]N([Si](C)(C)C(C)(C)C)[Si](C)(C)C(C)(C)C)CC. The fourth-order valence-corrected chi connectivity index (χ4v) is 23.3. The zero-order valence-electron chi connectivity index (χ0n) is 26.1. The van der Waals surface area contributed by atoms with Gasteiger partial charge >= 0.3 is 0 Å². The maximum Gasteiger partial charge on any atom is 0.204 e. The molecule has 0 aliphatic rings. The Morgan fingerprint density at radius 3 is 1.38 bits per heavy atom. The smallest absolute Gasteiger partial charge is 0.204 e. The quantitative estimate of drug-likeness (QED) is 0.255. The first-order valence-corrected chi connectivity index (χ1v) is 22.8. The van der Waals surface area contributed by atoms with Crippen LogP contribution < -0.4 is 0 Å². The van der Waals surface area contributed by atoms with Crippen molar-refractivity contribution in [1.82, 2.24) is 8.46 Å². The summed E-state index contributed by atoms with van der Waals surface area (Å²) in [5.74, 6) is 0. The van der Waals surface area contributed by atoms with E-state index in [9.17, 15) is 0 Å². The molecule has 0 bridgehead atoms. The summed E-state index contributed by atoms with van der Waals surface area (Å²) < 4.78 is 15.7. The lowest BCUT2D eigenvalue weighted by Crippen LogP contribution is -2.69. The topological polar surface area (TPSA) is 24.9 Å². The Morgan fingerprint density at radius 1 is 0.824 bits per heavy atom. The van der Waals surface area contributed by atoms with Crippen molar-refractivity contribution in [2.24, 2.45) is 0 Å². The minimum Gasteiger partial charge on any atom is -0.386 e. The number of rotatable bonds is 12. The summed E-state index contributed by atoms with van der Waals surface area (Å²) in [5, 5.41) is 0.865. The summed E-state index contributed by atoms with van der Waals surface area (Å²) in [7, 11) is 2.59. The standard InChI is InChI=1S/C18H43NSi3.C8H19NO2Si/c1-13-16(14-2)15-20-19(21(9,10)17(3,4)5)22(11,12)18(6,7)8;1-6-12(7-10-4,8-11-5)9(2)3/h15H,13-14,20H2,1-12H3;6H,1,7-8H2,2-5H3. The van der Waals surface area contributed by atoms with Crippen molar-refractivity contribution in [2.45, 2.75) is 104 Å². The van der Waals surface area contributed by atoms with Crippen LogP contribution in [0.1, 0.15) is 68.2 Å². The number of allylic oxidation sites excluding steroid dienone is 1. The van der Waals surface area contributed by atoms with Gasteiger partial charge in [0.1, 0.15) is 26.2 Å². The molecular formula is C26H62N2O2Si4. The Bertz CT molecular complexity index is 583. The molecule has 0 aromatic carbocycles. The predicted octanol–water partition coefficient (Wildman–Crippen LogP) is 6.68. The van der Waals surface area contributed by atoms with Crippen molar-refractivity contribution in [3.05, 3.63) is 23.6 Å². The maximum absolute atomic E-state index is 5.18. The molecule has 8 heteroatoms. The van der Waals surface area contributed by atoms with Gasteiger partial charge in [0.2, 0.25) is 8.24 Å². The summed E-state index contributed by atoms with van der Waals surface area (Å²) in [6.07, 6.45) is 3.92. The zero-order valence-corrected chi connectivity index (χ0v) is 30.5. The molecule has 0 aromatic rings. The molecule has 0 rings (SSSR count). The molecule has 0 unspecified atom stereocenters. The molecule has 0 fully saturated rings. The molecule has 0 aliphatic carbocycles. The van der Waals surface area contributed by atoms with Crippen LogP contribution in [0.4, 0.5) is 0 Å². The molecule has 4 nitrogen and oxygen atoms in total. The summed E-state index contributed by atoms with van der Waals surface area (Å²) >= 11 is 0. The van der Waals surface area contributed by atoms with E-state index in [1.54, 1.807) is 19.8 Å². The van der Waals surface area contributed by atoms with Gasteiger partial charge in [-0.3, -0.25) is 0 Å². The second-order valence-electron chi connectivity index (χ2n) is 12.9. The van der Waals surface area contributed by atoms with Crippen molar-refractivity contribution < 1.29 is 9.47 Å². The molecule has 0 atom stereocenters. The van der Waals surface area contributed by atoms with Gasteiger partial charge in [0, 0.05) is 14.2 Å². The Morgan fingerprint density at radius 2 is 1.18 bits per heavy atom. The van der Waals surface area contributed by atoms with Gasteiger partial charge in [-0.1, -0.05) is 98.5 Å². The number of hydrogen-bond donors (Lipinski definition) is 0. The van der Waals surface area contributed by atoms with Gasteiger partial charge in [-0.05, 0) is 37.0 Å². The van der Waals surface area contributed by atoms with Gasteiger partial charge in [0.15, 0.2) is 0 Å². The maximum atomic E-state index is 5.18. The van der Waals surface area contributed by atoms with Crippen molar-refractivity contribution >= 4 is 34.4 Å². The van der Waals surface area contributed by atoms with Crippen LogP contribution in [0.25, 0.3) is 0 Å². The van der Waals surface area contributed by atoms with Crippen molar-refractivity contribution in [1.29, 1.82) is 0 Å². The van der Waals surface area contributed by atoms with E-state index in [0.29, 0.717) is 10.1 Å². The first-order valence-electron chi connectivity index (χ1n) is 13.0. The van der Waals surface area contributed by atoms with E-state index in [1.807, 2.05) is 19.8 Å². The molecule has 0 saturated heterocycles. The summed E-state index contributed by atoms with van der Waals surface area (Å²) in [5.41, 5.74) is 6.36. The van der Waals surface area contributed by atoms with Gasteiger partial charge in [-0.15, -0.1) is 6.58 Å². The minimum atomic E-state index is -1.69. The molecule has 0 spiro atoms. The molecule has 0 aromatic heterocycles. The molecule has 0 N–H and O–H groups in total. The normalized spacial score (nSPS) is 13.9. The second kappa shape index (κ2) is 14.8. The Labute approximate surface area is 220 Å². The molecule has 0 saturated carbocycles. The van der Waals surface area contributed by atoms with Crippen LogP contribution >= 0.6 is 0 Å². The Hall–Kier alpha value is 0.188. The minimum absolute atomic E-state index is 0.317. The molecule has 0 aliphatic heterocycles. The van der Waals surface area contributed by atoms with Crippen molar-refractivity contribution in [3.8, 4) is 0 Å². The van der Waals surface area contributed by atoms with E-state index in [-0.39, 0.29) is 9.68 Å². The van der Waals surface area contributed by atoms with Crippen LogP contribution in [0.3, 0.4) is 0 Å². The number of ether oxygens (including phenoxy) is 2. The number of nitrogens with zero attached hydrogens (tertiary/aromatic N) is 2. The molecule has 0 heterocycles. The molecular weight excluding hydrogens is 485 g/mol. The highest BCUT2D eigenvalue weighted by atomic mass is 28.5. The molecule has 0 radical (unpaired) electrons. The van der Waals surface area contributed by atoms with Crippen LogP contribution in [-0.2, 0) is 9.47 Å². The van der Waals surface area contributed by atoms with E-state index in [4.69, 9.17) is 9.47 Å². The zero-order chi connectivity index (χ0) is 27.6. The lowest BCUT2D eigenvalue weighted by molar-refractivity contribution is 0.206. The molecule has 34 heavy (non-hydrogen) atoms. The van der Waals surface area contributed by atoms with E-state index in [1.165, 1.54) is 12.8 Å². The lowest BCUT2D eigenvalue weighted by Gasteiger charge is -2.57. The van der Waals surface area contributed by atoms with E-state index in [2.05, 4.69) is 102 Å². The lowest BCUT2D eigenvalue weighted by atomic mass is 10.2. The average Bonchev–Trinajstić information content (AvgIpc) is 2.69. The van der Waals surface area contributed by atoms with Crippen LogP contribution in [0.2, 0.25) is 36.3 Å². The highest BCUT2D eigenvalue weighted by Crippen LogP contribution is 2.46. The highest BCUT2D eigenvalue weighted by Gasteiger charge is 2.50. The summed E-state index contributed by atoms with van der Waals surface area (Å²) in [6.45, 7) is 33.8. The van der Waals surface area contributed by atoms with Crippen molar-refractivity contribution in [3.63, 3.8) is 0 Å². The van der Waals surface area contributed by atoms with Crippen LogP contribution in [0, 0.1) is 0 Å². The average molecular weight is 547 g/mol. The fourth-order valence-electron chi connectivity index (χ4n) is 3.82. The van der Waals surface area contributed by atoms with Crippen LogP contribution in [0.15, 0.2) is 23.6 Å². The third-order valence-corrected chi connectivity index (χ3v) is 33.0.